The van der Waals surface area contributed by atoms with Gasteiger partial charge in [-0.25, -0.2) is 16.8 Å². The Labute approximate surface area is 115 Å². The number of unbranched alkanes of at least 4 members (excludes halogenated alkanes) is 2. The molecule has 9 heteroatoms. The van der Waals surface area contributed by atoms with Crippen LogP contribution >= 0.6 is 11.6 Å². The molecule has 0 saturated carbocycles. The smallest absolute Gasteiger partial charge is 0.211 e. The summed E-state index contributed by atoms with van der Waals surface area (Å²) >= 11 is 5.53. The van der Waals surface area contributed by atoms with Crippen LogP contribution in [0.25, 0.3) is 0 Å². The fourth-order valence-electron chi connectivity index (χ4n) is 1.45. The molecule has 0 aliphatic carbocycles. The average Bonchev–Trinajstić information content (AvgIpc) is 2.19. The van der Waals surface area contributed by atoms with Crippen LogP contribution in [0, 0.1) is 0 Å². The molecule has 0 spiro atoms. The molecule has 0 heterocycles. The Morgan fingerprint density at radius 1 is 0.889 bits per heavy atom. The number of hydrazine groups is 1. The molecule has 0 aromatic rings. The van der Waals surface area contributed by atoms with Gasteiger partial charge in [0.1, 0.15) is 0 Å². The Morgan fingerprint density at radius 3 is 1.67 bits per heavy atom. The average molecular weight is 321 g/mol. The van der Waals surface area contributed by atoms with Crippen molar-refractivity contribution in [1.82, 2.24) is 8.83 Å². The van der Waals surface area contributed by atoms with Gasteiger partial charge in [0.2, 0.25) is 20.0 Å². The third-order valence-corrected chi connectivity index (χ3v) is 4.81. The molecular formula is C9H21ClN2O4S2. The number of nitrogens with zero attached hydrogens (tertiary/aromatic N) is 2. The number of rotatable bonds is 9. The van der Waals surface area contributed by atoms with E-state index in [1.165, 1.54) is 0 Å². The van der Waals surface area contributed by atoms with Crippen LogP contribution in [0.1, 0.15) is 26.2 Å². The molecule has 0 fully saturated rings. The second-order valence-electron chi connectivity index (χ2n) is 4.01. The van der Waals surface area contributed by atoms with Crippen LogP contribution in [-0.2, 0) is 20.0 Å². The third-order valence-electron chi connectivity index (χ3n) is 2.24. The highest BCUT2D eigenvalue weighted by molar-refractivity contribution is 7.91. The first kappa shape index (κ1) is 18.1. The molecule has 0 rings (SSSR count). The number of hydrogen-bond donors (Lipinski definition) is 0. The zero-order valence-corrected chi connectivity index (χ0v) is 13.4. The number of sulfonamides is 2. The molecule has 0 amide bonds. The van der Waals surface area contributed by atoms with Gasteiger partial charge in [-0.1, -0.05) is 19.8 Å². The fourth-order valence-corrected chi connectivity index (χ4v) is 4.15. The summed E-state index contributed by atoms with van der Waals surface area (Å²) in [6.45, 7) is 2.08. The van der Waals surface area contributed by atoms with Crippen molar-refractivity contribution in [2.45, 2.75) is 26.2 Å². The topological polar surface area (TPSA) is 74.8 Å². The van der Waals surface area contributed by atoms with Crippen LogP contribution in [0.15, 0.2) is 0 Å². The van der Waals surface area contributed by atoms with Crippen molar-refractivity contribution in [2.24, 2.45) is 0 Å². The van der Waals surface area contributed by atoms with E-state index in [9.17, 15) is 16.8 Å². The summed E-state index contributed by atoms with van der Waals surface area (Å²) in [4.78, 5) is 0. The molecule has 0 unspecified atom stereocenters. The van der Waals surface area contributed by atoms with Gasteiger partial charge in [-0.2, -0.15) is 0 Å². The molecule has 110 valence electrons. The molecule has 0 N–H and O–H groups in total. The summed E-state index contributed by atoms with van der Waals surface area (Å²) in [6.07, 6.45) is 4.33. The van der Waals surface area contributed by atoms with E-state index in [4.69, 9.17) is 11.6 Å². The van der Waals surface area contributed by atoms with Gasteiger partial charge in [0.25, 0.3) is 0 Å². The molecule has 0 saturated heterocycles. The predicted octanol–water partition coefficient (Wildman–Crippen LogP) is 0.854. The van der Waals surface area contributed by atoms with Crippen molar-refractivity contribution in [2.75, 3.05) is 31.5 Å². The number of hydrogen-bond acceptors (Lipinski definition) is 4. The molecule has 0 aromatic heterocycles. The van der Waals surface area contributed by atoms with Crippen molar-refractivity contribution < 1.29 is 16.8 Å². The summed E-state index contributed by atoms with van der Waals surface area (Å²) in [5.74, 6) is 0.0346. The van der Waals surface area contributed by atoms with E-state index < -0.39 is 20.0 Å². The minimum absolute atomic E-state index is 0.0346. The van der Waals surface area contributed by atoms with Gasteiger partial charge >= 0.3 is 0 Å². The summed E-state index contributed by atoms with van der Waals surface area (Å²) in [6, 6.07) is 0. The van der Waals surface area contributed by atoms with E-state index in [1.54, 1.807) is 0 Å². The van der Waals surface area contributed by atoms with Crippen LogP contribution in [0.3, 0.4) is 0 Å². The van der Waals surface area contributed by atoms with E-state index in [-0.39, 0.29) is 19.0 Å². The lowest BCUT2D eigenvalue weighted by molar-refractivity contribution is 0.169. The van der Waals surface area contributed by atoms with Gasteiger partial charge in [-0.05, 0) is 6.42 Å². The summed E-state index contributed by atoms with van der Waals surface area (Å²) < 4.78 is 48.3. The van der Waals surface area contributed by atoms with E-state index in [0.29, 0.717) is 6.42 Å². The van der Waals surface area contributed by atoms with E-state index in [1.807, 2.05) is 6.92 Å². The third kappa shape index (κ3) is 6.33. The zero-order valence-electron chi connectivity index (χ0n) is 11.0. The predicted molar refractivity (Wildman–Crippen MR) is 73.3 cm³/mol. The van der Waals surface area contributed by atoms with Crippen molar-refractivity contribution in [3.05, 3.63) is 0 Å². The highest BCUT2D eigenvalue weighted by Gasteiger charge is 2.30. The molecule has 0 radical (unpaired) electrons. The van der Waals surface area contributed by atoms with Crippen LogP contribution in [0.4, 0.5) is 0 Å². The van der Waals surface area contributed by atoms with Crippen LogP contribution in [-0.4, -0.2) is 57.1 Å². The molecule has 0 aliphatic heterocycles. The van der Waals surface area contributed by atoms with Gasteiger partial charge < -0.3 is 0 Å². The maximum Gasteiger partial charge on any atom is 0.225 e. The van der Waals surface area contributed by atoms with Crippen molar-refractivity contribution >= 4 is 31.6 Å². The lowest BCUT2D eigenvalue weighted by Crippen LogP contribution is -2.50. The zero-order chi connectivity index (χ0) is 14.4. The first-order valence-electron chi connectivity index (χ1n) is 5.66. The van der Waals surface area contributed by atoms with Crippen molar-refractivity contribution in [3.63, 3.8) is 0 Å². The van der Waals surface area contributed by atoms with Crippen molar-refractivity contribution in [3.8, 4) is 0 Å². The quantitative estimate of drug-likeness (QED) is 0.359. The Kier molecular flexibility index (Phi) is 7.69. The molecule has 0 atom stereocenters. The molecule has 0 aliphatic rings. The second kappa shape index (κ2) is 7.64. The summed E-state index contributed by atoms with van der Waals surface area (Å²) in [5, 5.41) is 0. The van der Waals surface area contributed by atoms with Gasteiger partial charge in [-0.3, -0.25) is 0 Å². The summed E-state index contributed by atoms with van der Waals surface area (Å²) in [7, 11) is -7.28. The normalized spacial score (nSPS) is 13.4. The fraction of sp³-hybridized carbons (Fsp3) is 1.00. The van der Waals surface area contributed by atoms with Crippen LogP contribution in [0.2, 0.25) is 0 Å². The first-order valence-corrected chi connectivity index (χ1v) is 9.89. The molecule has 0 bridgehead atoms. The number of alkyl halides is 1. The number of halogens is 1. The molecular weight excluding hydrogens is 300 g/mol. The molecule has 18 heavy (non-hydrogen) atoms. The highest BCUT2D eigenvalue weighted by atomic mass is 35.5. The van der Waals surface area contributed by atoms with Crippen molar-refractivity contribution in [1.29, 1.82) is 0 Å². The van der Waals surface area contributed by atoms with Crippen LogP contribution < -0.4 is 0 Å². The SMILES string of the molecule is CCCCCN(N(CCCl)S(C)(=O)=O)S(C)(=O)=O. The largest absolute Gasteiger partial charge is 0.225 e. The minimum atomic E-state index is -3.65. The molecule has 6 nitrogen and oxygen atoms in total. The maximum atomic E-state index is 11.7. The van der Waals surface area contributed by atoms with Gasteiger partial charge in [0, 0.05) is 19.0 Å². The Balaban J connectivity index is 5.13. The standard InChI is InChI=1S/C9H21ClN2O4S2/c1-4-5-6-8-11(17(2,13)14)12(9-7-10)18(3,15)16/h4-9H2,1-3H3. The van der Waals surface area contributed by atoms with Gasteiger partial charge in [-0.15, -0.1) is 20.4 Å². The maximum absolute atomic E-state index is 11.7. The highest BCUT2D eigenvalue weighted by Crippen LogP contribution is 2.12. The Bertz CT molecular complexity index is 435. The van der Waals surface area contributed by atoms with E-state index in [2.05, 4.69) is 0 Å². The minimum Gasteiger partial charge on any atom is -0.211 e. The Morgan fingerprint density at radius 2 is 1.33 bits per heavy atom. The van der Waals surface area contributed by atoms with Gasteiger partial charge in [0.05, 0.1) is 12.5 Å². The Hall–Kier alpha value is 0.110. The van der Waals surface area contributed by atoms with E-state index in [0.717, 1.165) is 34.2 Å². The van der Waals surface area contributed by atoms with Crippen LogP contribution in [0.5, 0.6) is 0 Å². The summed E-state index contributed by atoms with van der Waals surface area (Å²) in [5.41, 5.74) is 0. The lowest BCUT2D eigenvalue weighted by Gasteiger charge is -2.30. The first-order chi connectivity index (χ1) is 8.14. The van der Waals surface area contributed by atoms with Gasteiger partial charge in [0.15, 0.2) is 0 Å². The monoisotopic (exact) mass is 320 g/mol. The molecule has 0 aromatic carbocycles. The second-order valence-corrected chi connectivity index (χ2v) is 8.17. The lowest BCUT2D eigenvalue weighted by atomic mass is 10.2. The van der Waals surface area contributed by atoms with E-state index >= 15 is 0 Å².